The van der Waals surface area contributed by atoms with Crippen molar-refractivity contribution in [3.05, 3.63) is 230 Å². The van der Waals surface area contributed by atoms with Crippen LogP contribution in [0.15, 0.2) is 218 Å². The van der Waals surface area contributed by atoms with Gasteiger partial charge in [-0.25, -0.2) is 0 Å². The van der Waals surface area contributed by atoms with Crippen LogP contribution < -0.4 is 0 Å². The minimum absolute atomic E-state index is 0.0283. The van der Waals surface area contributed by atoms with Crippen LogP contribution in [-0.2, 0) is 5.41 Å². The highest BCUT2D eigenvalue weighted by molar-refractivity contribution is 6.22. The fraction of sp³-hybridized carbons (Fsp3) is 0.0508. The summed E-state index contributed by atoms with van der Waals surface area (Å²) in [6.45, 7) is 4.70. The van der Waals surface area contributed by atoms with Crippen molar-refractivity contribution in [3.63, 3.8) is 0 Å². The Bertz CT molecular complexity index is 3170. The number of benzene rings is 10. The molecule has 0 bridgehead atoms. The Labute approximate surface area is 346 Å². The Kier molecular flexibility index (Phi) is 8.27. The van der Waals surface area contributed by atoms with Crippen molar-refractivity contribution >= 4 is 21.5 Å². The lowest BCUT2D eigenvalue weighted by atomic mass is 9.81. The Morgan fingerprint density at radius 1 is 0.237 bits per heavy atom. The fourth-order valence-corrected chi connectivity index (χ4v) is 9.64. The highest BCUT2D eigenvalue weighted by Gasteiger charge is 2.35. The van der Waals surface area contributed by atoms with E-state index in [1.807, 2.05) is 0 Å². The van der Waals surface area contributed by atoms with E-state index in [0.717, 1.165) is 0 Å². The van der Waals surface area contributed by atoms with Crippen molar-refractivity contribution in [2.24, 2.45) is 0 Å². The first-order valence-corrected chi connectivity index (χ1v) is 20.7. The third-order valence-electron chi connectivity index (χ3n) is 12.7. The maximum atomic E-state index is 2.42. The van der Waals surface area contributed by atoms with Gasteiger partial charge in [-0.1, -0.05) is 220 Å². The molecule has 0 aromatic heterocycles. The summed E-state index contributed by atoms with van der Waals surface area (Å²) < 4.78 is 0. The van der Waals surface area contributed by atoms with Crippen molar-refractivity contribution in [1.29, 1.82) is 0 Å². The summed E-state index contributed by atoms with van der Waals surface area (Å²) in [7, 11) is 0. The average molecular weight is 751 g/mol. The summed E-state index contributed by atoms with van der Waals surface area (Å²) in [4.78, 5) is 0. The zero-order chi connectivity index (χ0) is 39.5. The van der Waals surface area contributed by atoms with E-state index in [0.29, 0.717) is 0 Å². The molecule has 0 saturated heterocycles. The molecule has 0 unspecified atom stereocenters. The lowest BCUT2D eigenvalue weighted by Crippen LogP contribution is -2.14. The lowest BCUT2D eigenvalue weighted by Gasteiger charge is -2.22. The van der Waals surface area contributed by atoms with E-state index < -0.39 is 0 Å². The van der Waals surface area contributed by atoms with Crippen LogP contribution in [0.4, 0.5) is 0 Å². The summed E-state index contributed by atoms with van der Waals surface area (Å²) in [6, 6.07) is 80.6. The second-order valence-electron chi connectivity index (χ2n) is 16.5. The second-order valence-corrected chi connectivity index (χ2v) is 16.5. The molecule has 0 nitrogen and oxygen atoms in total. The summed E-state index contributed by atoms with van der Waals surface area (Å²) in [5.41, 5.74) is 20.2. The molecule has 10 aromatic carbocycles. The minimum Gasteiger partial charge on any atom is -0.0622 e. The van der Waals surface area contributed by atoms with Crippen molar-refractivity contribution in [2.75, 3.05) is 0 Å². The van der Waals surface area contributed by atoms with Gasteiger partial charge in [0.15, 0.2) is 0 Å². The summed E-state index contributed by atoms with van der Waals surface area (Å²) in [5.74, 6) is 0. The first-order chi connectivity index (χ1) is 29.0. The smallest absolute Gasteiger partial charge is 0.0159 e. The average Bonchev–Trinajstić information content (AvgIpc) is 3.54. The van der Waals surface area contributed by atoms with Crippen LogP contribution in [0.25, 0.3) is 99.4 Å². The van der Waals surface area contributed by atoms with E-state index in [-0.39, 0.29) is 5.41 Å². The van der Waals surface area contributed by atoms with E-state index in [1.165, 1.54) is 111 Å². The van der Waals surface area contributed by atoms with Gasteiger partial charge in [0.1, 0.15) is 0 Å². The van der Waals surface area contributed by atoms with Crippen LogP contribution in [0, 0.1) is 0 Å². The third-order valence-corrected chi connectivity index (χ3v) is 12.7. The maximum absolute atomic E-state index is 2.42. The summed E-state index contributed by atoms with van der Waals surface area (Å²) >= 11 is 0. The third kappa shape index (κ3) is 5.91. The largest absolute Gasteiger partial charge is 0.0622 e. The van der Waals surface area contributed by atoms with Gasteiger partial charge >= 0.3 is 0 Å². The van der Waals surface area contributed by atoms with Gasteiger partial charge in [-0.05, 0) is 123 Å². The van der Waals surface area contributed by atoms with Crippen molar-refractivity contribution < 1.29 is 0 Å². The molecule has 1 aliphatic carbocycles. The van der Waals surface area contributed by atoms with E-state index in [4.69, 9.17) is 0 Å². The topological polar surface area (TPSA) is 0 Å². The van der Waals surface area contributed by atoms with Gasteiger partial charge < -0.3 is 0 Å². The minimum atomic E-state index is -0.0283. The Balaban J connectivity index is 1.05. The zero-order valence-corrected chi connectivity index (χ0v) is 33.3. The number of fused-ring (bicyclic) bond motifs is 5. The fourth-order valence-electron chi connectivity index (χ4n) is 9.64. The predicted octanol–water partition coefficient (Wildman–Crippen LogP) is 16.3. The SMILES string of the molecule is CC1(C)c2ccccc2-c2ccc(-c3ccc(-c4ccc5c(-c6ccc(-c7ccccc7)cc6)c6ccccc6c(-c6ccc(-c7ccccc7)cc6)c5c4)cc3)cc21. The molecule has 0 radical (unpaired) electrons. The standard InChI is InChI=1S/C59H42/c1-59(2)55-20-12-11-17-49(55)50-35-33-48(38-56(50)59)44-23-21-43(22-24-44)47-34-36-53-54(37-47)58(46-31-27-42(28-32-46)40-15-7-4-8-16-40)52-19-10-9-18-51(52)57(53)45-29-25-41(26-30-45)39-13-5-3-6-14-39/h3-38H,1-2H3. The van der Waals surface area contributed by atoms with Crippen LogP contribution in [-0.4, -0.2) is 0 Å². The van der Waals surface area contributed by atoms with Gasteiger partial charge in [0, 0.05) is 5.41 Å². The van der Waals surface area contributed by atoms with Crippen LogP contribution in [0.2, 0.25) is 0 Å². The van der Waals surface area contributed by atoms with Crippen molar-refractivity contribution in [2.45, 2.75) is 19.3 Å². The number of hydrogen-bond donors (Lipinski definition) is 0. The van der Waals surface area contributed by atoms with Crippen molar-refractivity contribution in [1.82, 2.24) is 0 Å². The monoisotopic (exact) mass is 750 g/mol. The molecule has 10 aromatic rings. The molecule has 0 heteroatoms. The molecule has 0 fully saturated rings. The van der Waals surface area contributed by atoms with E-state index in [1.54, 1.807) is 0 Å². The number of hydrogen-bond acceptors (Lipinski definition) is 0. The van der Waals surface area contributed by atoms with Gasteiger partial charge in [-0.3, -0.25) is 0 Å². The van der Waals surface area contributed by atoms with Gasteiger partial charge in [0.25, 0.3) is 0 Å². The van der Waals surface area contributed by atoms with Crippen LogP contribution >= 0.6 is 0 Å². The molecule has 1 aliphatic rings. The summed E-state index contributed by atoms with van der Waals surface area (Å²) in [6.07, 6.45) is 0. The molecule has 0 saturated carbocycles. The molecule has 278 valence electrons. The molecular formula is C59H42. The molecule has 59 heavy (non-hydrogen) atoms. The van der Waals surface area contributed by atoms with Gasteiger partial charge in [0.2, 0.25) is 0 Å². The van der Waals surface area contributed by atoms with E-state index in [9.17, 15) is 0 Å². The highest BCUT2D eigenvalue weighted by atomic mass is 14.4. The predicted molar refractivity (Wildman–Crippen MR) is 252 cm³/mol. The highest BCUT2D eigenvalue weighted by Crippen LogP contribution is 2.50. The zero-order valence-electron chi connectivity index (χ0n) is 33.3. The first kappa shape index (κ1) is 34.9. The van der Waals surface area contributed by atoms with Crippen LogP contribution in [0.1, 0.15) is 25.0 Å². The summed E-state index contributed by atoms with van der Waals surface area (Å²) in [5, 5.41) is 5.01. The molecule has 0 aliphatic heterocycles. The van der Waals surface area contributed by atoms with Gasteiger partial charge in [-0.2, -0.15) is 0 Å². The first-order valence-electron chi connectivity index (χ1n) is 20.7. The molecule has 0 N–H and O–H groups in total. The Hall–Kier alpha value is -7.28. The second kappa shape index (κ2) is 14.0. The molecule has 11 rings (SSSR count). The quantitative estimate of drug-likeness (QED) is 0.149. The lowest BCUT2D eigenvalue weighted by molar-refractivity contribution is 0.660. The van der Waals surface area contributed by atoms with Crippen molar-refractivity contribution in [3.8, 4) is 77.9 Å². The van der Waals surface area contributed by atoms with Gasteiger partial charge in [0.05, 0.1) is 0 Å². The van der Waals surface area contributed by atoms with Crippen LogP contribution in [0.3, 0.4) is 0 Å². The van der Waals surface area contributed by atoms with Gasteiger partial charge in [-0.15, -0.1) is 0 Å². The number of rotatable bonds is 6. The Morgan fingerprint density at radius 2 is 0.593 bits per heavy atom. The molecule has 0 heterocycles. The van der Waals surface area contributed by atoms with E-state index >= 15 is 0 Å². The maximum Gasteiger partial charge on any atom is 0.0159 e. The molecular weight excluding hydrogens is 709 g/mol. The normalized spacial score (nSPS) is 12.7. The molecule has 0 atom stereocenters. The van der Waals surface area contributed by atoms with Crippen LogP contribution in [0.5, 0.6) is 0 Å². The molecule has 0 spiro atoms. The molecule has 0 amide bonds. The Morgan fingerprint density at radius 3 is 1.15 bits per heavy atom. The van der Waals surface area contributed by atoms with E-state index in [2.05, 4.69) is 232 Å².